The van der Waals surface area contributed by atoms with Gasteiger partial charge in [0.2, 0.25) is 0 Å². The Morgan fingerprint density at radius 2 is 1.87 bits per heavy atom. The summed E-state index contributed by atoms with van der Waals surface area (Å²) in [6.07, 6.45) is 6.45. The molecule has 5 rings (SSSR count). The minimum atomic E-state index is -0.275. The van der Waals surface area contributed by atoms with Gasteiger partial charge in [0.1, 0.15) is 11.9 Å². The van der Waals surface area contributed by atoms with Gasteiger partial charge in [-0.2, -0.15) is 0 Å². The number of fused-ring (bicyclic) bond motifs is 1. The summed E-state index contributed by atoms with van der Waals surface area (Å²) < 4.78 is 37.6. The zero-order valence-electron chi connectivity index (χ0n) is 22.9. The van der Waals surface area contributed by atoms with Crippen molar-refractivity contribution in [3.63, 3.8) is 0 Å². The first-order valence-electron chi connectivity index (χ1n) is 14.1. The molecule has 2 aliphatic heterocycles. The molecule has 0 aromatic heterocycles. The van der Waals surface area contributed by atoms with E-state index < -0.39 is 0 Å². The molecular weight excluding hydrogens is 498 g/mol. The summed E-state index contributed by atoms with van der Waals surface area (Å²) in [6.45, 7) is 7.73. The third kappa shape index (κ3) is 6.30. The number of allylic oxidation sites excluding steroid dienone is 2. The molecule has 1 N–H and O–H groups in total. The fourth-order valence-corrected chi connectivity index (χ4v) is 5.96. The van der Waals surface area contributed by atoms with E-state index in [0.717, 1.165) is 73.6 Å². The number of hydrogen-bond acceptors (Lipinski definition) is 5. The van der Waals surface area contributed by atoms with E-state index in [0.29, 0.717) is 19.6 Å². The predicted molar refractivity (Wildman–Crippen MR) is 150 cm³/mol. The molecule has 5 nitrogen and oxygen atoms in total. The van der Waals surface area contributed by atoms with Crippen LogP contribution in [0.2, 0.25) is 0 Å². The van der Waals surface area contributed by atoms with Crippen LogP contribution in [0.15, 0.2) is 71.1 Å². The number of nitrogens with zero attached hydrogens (tertiary/aromatic N) is 1. The number of dihydropyridines is 1. The minimum Gasteiger partial charge on any atom is -0.489 e. The van der Waals surface area contributed by atoms with Gasteiger partial charge in [0.05, 0.1) is 13.3 Å². The molecule has 1 unspecified atom stereocenters. The van der Waals surface area contributed by atoms with Gasteiger partial charge >= 0.3 is 0 Å². The number of hydrogen-bond donors (Lipinski definition) is 1. The van der Waals surface area contributed by atoms with Crippen molar-refractivity contribution in [3.8, 4) is 11.5 Å². The normalized spacial score (nSPS) is 19.8. The van der Waals surface area contributed by atoms with Gasteiger partial charge < -0.3 is 14.8 Å². The fraction of sp³-hybridized carbons (Fsp3) is 0.438. The molecule has 39 heavy (non-hydrogen) atoms. The number of benzene rings is 2. The molecule has 2 aromatic rings. The van der Waals surface area contributed by atoms with Crippen molar-refractivity contribution >= 4 is 5.57 Å². The van der Waals surface area contributed by atoms with Crippen LogP contribution in [-0.4, -0.2) is 50.5 Å². The number of aryl methyl sites for hydroxylation is 1. The predicted octanol–water partition coefficient (Wildman–Crippen LogP) is 6.70. The highest BCUT2D eigenvalue weighted by atomic mass is 19.3. The van der Waals surface area contributed by atoms with Crippen LogP contribution in [0.5, 0.6) is 11.5 Å². The van der Waals surface area contributed by atoms with Crippen molar-refractivity contribution in [1.29, 1.82) is 0 Å². The summed E-state index contributed by atoms with van der Waals surface area (Å²) in [4.78, 5) is 6.34. The van der Waals surface area contributed by atoms with Gasteiger partial charge in [0.15, 0.2) is 11.6 Å². The van der Waals surface area contributed by atoms with Crippen LogP contribution in [0, 0.1) is 0 Å². The zero-order valence-corrected chi connectivity index (χ0v) is 22.9. The summed E-state index contributed by atoms with van der Waals surface area (Å²) in [5.41, 5.74) is 8.22. The third-order valence-electron chi connectivity index (χ3n) is 7.82. The lowest BCUT2D eigenvalue weighted by molar-refractivity contribution is -0.00629. The molecule has 2 aromatic carbocycles. The average molecular weight is 537 g/mol. The number of ether oxygens (including phenoxy) is 2. The Hall–Kier alpha value is -3.32. The molecule has 1 aliphatic carbocycles. The summed E-state index contributed by atoms with van der Waals surface area (Å²) >= 11 is 0. The smallest absolute Gasteiger partial charge is 0.187 e. The SMILES string of the molecule is CCOC1=CC(C)=C(C2=C(c3ccc(OC4CCN(CCCF)C4)cc3)c3ccc(OF)cc3CCC2)CN1. The van der Waals surface area contributed by atoms with E-state index in [9.17, 15) is 8.92 Å². The van der Waals surface area contributed by atoms with Crippen LogP contribution in [-0.2, 0) is 11.2 Å². The van der Waals surface area contributed by atoms with Crippen LogP contribution < -0.4 is 15.0 Å². The van der Waals surface area contributed by atoms with Crippen molar-refractivity contribution in [2.24, 2.45) is 0 Å². The fourth-order valence-electron chi connectivity index (χ4n) is 5.96. The van der Waals surface area contributed by atoms with Crippen molar-refractivity contribution in [2.75, 3.05) is 39.5 Å². The molecule has 0 saturated carbocycles. The van der Waals surface area contributed by atoms with Gasteiger partial charge in [0.25, 0.3) is 0 Å². The van der Waals surface area contributed by atoms with Crippen LogP contribution in [0.3, 0.4) is 0 Å². The van der Waals surface area contributed by atoms with Gasteiger partial charge in [-0.3, -0.25) is 14.2 Å². The Kier molecular flexibility index (Phi) is 8.87. The minimum absolute atomic E-state index is 0.121. The highest BCUT2D eigenvalue weighted by molar-refractivity contribution is 5.87. The molecule has 2 heterocycles. The summed E-state index contributed by atoms with van der Waals surface area (Å²) in [5, 5.41) is 3.43. The van der Waals surface area contributed by atoms with E-state index in [2.05, 4.69) is 40.3 Å². The molecule has 0 radical (unpaired) electrons. The highest BCUT2D eigenvalue weighted by Crippen LogP contribution is 2.41. The van der Waals surface area contributed by atoms with E-state index in [1.54, 1.807) is 6.07 Å². The van der Waals surface area contributed by atoms with Gasteiger partial charge in [-0.05, 0) is 109 Å². The lowest BCUT2D eigenvalue weighted by Crippen LogP contribution is -2.26. The monoisotopic (exact) mass is 536 g/mol. The number of halogens is 2. The summed E-state index contributed by atoms with van der Waals surface area (Å²) in [5.74, 6) is 1.88. The molecule has 208 valence electrons. The number of nitrogens with one attached hydrogen (secondary N) is 1. The lowest BCUT2D eigenvalue weighted by atomic mass is 9.85. The Labute approximate surface area is 230 Å². The zero-order chi connectivity index (χ0) is 27.2. The second kappa shape index (κ2) is 12.7. The first kappa shape index (κ1) is 27.3. The van der Waals surface area contributed by atoms with Crippen molar-refractivity contribution < 1.29 is 23.3 Å². The van der Waals surface area contributed by atoms with Crippen molar-refractivity contribution in [1.82, 2.24) is 10.2 Å². The van der Waals surface area contributed by atoms with Gasteiger partial charge in [-0.25, -0.2) is 0 Å². The van der Waals surface area contributed by atoms with Gasteiger partial charge in [0, 0.05) is 36.8 Å². The van der Waals surface area contributed by atoms with Crippen molar-refractivity contribution in [3.05, 3.63) is 87.8 Å². The number of rotatable bonds is 10. The third-order valence-corrected chi connectivity index (χ3v) is 7.82. The molecule has 1 fully saturated rings. The highest BCUT2D eigenvalue weighted by Gasteiger charge is 2.26. The van der Waals surface area contributed by atoms with Gasteiger partial charge in [-0.1, -0.05) is 18.2 Å². The van der Waals surface area contributed by atoms with E-state index in [1.807, 2.05) is 31.2 Å². The maximum absolute atomic E-state index is 13.1. The van der Waals surface area contributed by atoms with E-state index >= 15 is 0 Å². The quantitative estimate of drug-likeness (QED) is 0.366. The first-order valence-corrected chi connectivity index (χ1v) is 14.1. The van der Waals surface area contributed by atoms with Crippen LogP contribution in [0.25, 0.3) is 5.57 Å². The lowest BCUT2D eigenvalue weighted by Gasteiger charge is -2.25. The number of alkyl halides is 1. The standard InChI is InChI=1S/C32H38F2N2O3/c1-3-37-31-18-22(2)30(20-35-31)29-7-4-6-24-19-26(39-34)12-13-28(24)32(29)23-8-10-25(11-9-23)38-27-14-17-36(21-27)16-5-15-33/h8-13,18-19,27,35H,3-7,14-17,20-21H2,1-2H3. The van der Waals surface area contributed by atoms with E-state index in [-0.39, 0.29) is 18.5 Å². The Balaban J connectivity index is 1.48. The van der Waals surface area contributed by atoms with Crippen LogP contribution in [0.1, 0.15) is 56.2 Å². The van der Waals surface area contributed by atoms with Crippen molar-refractivity contribution in [2.45, 2.75) is 52.1 Å². The molecular formula is C32H38F2N2O3. The first-order chi connectivity index (χ1) is 19.1. The molecule has 1 saturated heterocycles. The van der Waals surface area contributed by atoms with Crippen LogP contribution in [0.4, 0.5) is 8.92 Å². The summed E-state index contributed by atoms with van der Waals surface area (Å²) in [6, 6.07) is 13.8. The summed E-state index contributed by atoms with van der Waals surface area (Å²) in [7, 11) is 0. The maximum Gasteiger partial charge on any atom is 0.187 e. The Bertz CT molecular complexity index is 1250. The topological polar surface area (TPSA) is 43.0 Å². The van der Waals surface area contributed by atoms with E-state index in [4.69, 9.17) is 9.47 Å². The second-order valence-electron chi connectivity index (χ2n) is 10.5. The molecule has 3 aliphatic rings. The largest absolute Gasteiger partial charge is 0.489 e. The molecule has 0 spiro atoms. The van der Waals surface area contributed by atoms with Gasteiger partial charge in [-0.15, -0.1) is 0 Å². The number of likely N-dealkylation sites (tertiary alicyclic amines) is 1. The average Bonchev–Trinajstić information content (AvgIpc) is 3.31. The molecule has 0 bridgehead atoms. The second-order valence-corrected chi connectivity index (χ2v) is 10.5. The maximum atomic E-state index is 13.1. The Morgan fingerprint density at radius 3 is 2.62 bits per heavy atom. The Morgan fingerprint density at radius 1 is 1.05 bits per heavy atom. The van der Waals surface area contributed by atoms with Crippen LogP contribution >= 0.6 is 0 Å². The molecule has 0 amide bonds. The van der Waals surface area contributed by atoms with E-state index in [1.165, 1.54) is 22.3 Å². The molecule has 7 heteroatoms. The molecule has 1 atom stereocenters.